The largest absolute Gasteiger partial charge is 0.379 e. The molecule has 1 aromatic rings. The first-order valence-electron chi connectivity index (χ1n) is 6.11. The number of ether oxygens (including phenoxy) is 1. The number of nitrogens with one attached hydrogen (secondary N) is 1. The van der Waals surface area contributed by atoms with E-state index in [-0.39, 0.29) is 5.82 Å². The van der Waals surface area contributed by atoms with Crippen molar-refractivity contribution in [3.05, 3.63) is 23.1 Å². The van der Waals surface area contributed by atoms with Crippen molar-refractivity contribution in [2.24, 2.45) is 0 Å². The van der Waals surface area contributed by atoms with Crippen LogP contribution in [0, 0.1) is 5.82 Å². The van der Waals surface area contributed by atoms with E-state index in [4.69, 9.17) is 16.3 Å². The molecule has 100 valence electrons. The van der Waals surface area contributed by atoms with Crippen molar-refractivity contribution in [3.63, 3.8) is 0 Å². The van der Waals surface area contributed by atoms with Crippen LogP contribution in [0.15, 0.2) is 12.3 Å². The third-order valence-electron chi connectivity index (χ3n) is 2.86. The number of aromatic nitrogens is 1. The molecule has 0 atom stereocenters. The van der Waals surface area contributed by atoms with E-state index >= 15 is 0 Å². The van der Waals surface area contributed by atoms with E-state index in [1.807, 2.05) is 0 Å². The molecule has 6 heteroatoms. The summed E-state index contributed by atoms with van der Waals surface area (Å²) in [5.74, 6) is -0.143. The van der Waals surface area contributed by atoms with Crippen molar-refractivity contribution >= 4 is 17.4 Å². The molecular weight excluding hydrogens is 257 g/mol. The third-order valence-corrected chi connectivity index (χ3v) is 3.06. The highest BCUT2D eigenvalue weighted by Crippen LogP contribution is 2.15. The van der Waals surface area contributed by atoms with Crippen LogP contribution in [0.5, 0.6) is 0 Å². The molecule has 0 spiro atoms. The summed E-state index contributed by atoms with van der Waals surface area (Å²) in [4.78, 5) is 6.25. The molecule has 1 N–H and O–H groups in total. The monoisotopic (exact) mass is 273 g/mol. The normalized spacial score (nSPS) is 16.8. The average Bonchev–Trinajstić information content (AvgIpc) is 2.38. The lowest BCUT2D eigenvalue weighted by atomic mass is 10.3. The second kappa shape index (κ2) is 6.87. The Morgan fingerprint density at radius 1 is 1.44 bits per heavy atom. The van der Waals surface area contributed by atoms with Crippen molar-refractivity contribution in [1.29, 1.82) is 0 Å². The summed E-state index contributed by atoms with van der Waals surface area (Å²) >= 11 is 5.63. The fourth-order valence-electron chi connectivity index (χ4n) is 1.88. The van der Waals surface area contributed by atoms with E-state index in [0.717, 1.165) is 39.3 Å². The quantitative estimate of drug-likeness (QED) is 0.833. The first-order valence-corrected chi connectivity index (χ1v) is 6.48. The zero-order valence-corrected chi connectivity index (χ0v) is 10.9. The van der Waals surface area contributed by atoms with Gasteiger partial charge in [0.2, 0.25) is 0 Å². The molecule has 0 radical (unpaired) electrons. The predicted octanol–water partition coefficient (Wildman–Crippen LogP) is 2.01. The molecule has 0 unspecified atom stereocenters. The summed E-state index contributed by atoms with van der Waals surface area (Å²) in [6.07, 6.45) is 2.39. The summed E-state index contributed by atoms with van der Waals surface area (Å²) in [6, 6.07) is 1.26. The van der Waals surface area contributed by atoms with Gasteiger partial charge in [0.15, 0.2) is 11.6 Å². The zero-order chi connectivity index (χ0) is 12.8. The first-order chi connectivity index (χ1) is 8.75. The Hall–Kier alpha value is -0.910. The van der Waals surface area contributed by atoms with Gasteiger partial charge in [-0.05, 0) is 19.0 Å². The highest BCUT2D eigenvalue weighted by atomic mass is 35.5. The first kappa shape index (κ1) is 13.5. The lowest BCUT2D eigenvalue weighted by Crippen LogP contribution is -2.37. The highest BCUT2D eigenvalue weighted by Gasteiger charge is 2.09. The number of morpholine rings is 1. The topological polar surface area (TPSA) is 37.4 Å². The van der Waals surface area contributed by atoms with Gasteiger partial charge >= 0.3 is 0 Å². The number of hydrogen-bond acceptors (Lipinski definition) is 4. The van der Waals surface area contributed by atoms with Crippen molar-refractivity contribution in [1.82, 2.24) is 9.88 Å². The number of rotatable bonds is 5. The van der Waals surface area contributed by atoms with E-state index < -0.39 is 5.82 Å². The summed E-state index contributed by atoms with van der Waals surface area (Å²) in [5.41, 5.74) is 0. The minimum Gasteiger partial charge on any atom is -0.379 e. The van der Waals surface area contributed by atoms with E-state index in [1.165, 1.54) is 12.3 Å². The molecule has 1 saturated heterocycles. The van der Waals surface area contributed by atoms with Crippen LogP contribution in [0.25, 0.3) is 0 Å². The van der Waals surface area contributed by atoms with Gasteiger partial charge in [-0.15, -0.1) is 0 Å². The molecule has 1 aromatic heterocycles. The lowest BCUT2D eigenvalue weighted by Gasteiger charge is -2.26. The van der Waals surface area contributed by atoms with E-state index in [2.05, 4.69) is 15.2 Å². The van der Waals surface area contributed by atoms with Crippen LogP contribution in [0.3, 0.4) is 0 Å². The highest BCUT2D eigenvalue weighted by molar-refractivity contribution is 6.30. The number of hydrogen-bond donors (Lipinski definition) is 1. The molecule has 2 heterocycles. The Kier molecular flexibility index (Phi) is 5.16. The maximum Gasteiger partial charge on any atom is 0.166 e. The smallest absolute Gasteiger partial charge is 0.166 e. The molecule has 0 bridgehead atoms. The Labute approximate surface area is 111 Å². The van der Waals surface area contributed by atoms with E-state index in [1.54, 1.807) is 0 Å². The van der Waals surface area contributed by atoms with Gasteiger partial charge in [-0.3, -0.25) is 4.90 Å². The average molecular weight is 274 g/mol. The fraction of sp³-hybridized carbons (Fsp3) is 0.583. The second-order valence-corrected chi connectivity index (χ2v) is 4.65. The Balaban J connectivity index is 1.68. The summed E-state index contributed by atoms with van der Waals surface area (Å²) in [5, 5.41) is 3.29. The lowest BCUT2D eigenvalue weighted by molar-refractivity contribution is 0.0378. The minimum absolute atomic E-state index is 0.265. The van der Waals surface area contributed by atoms with Gasteiger partial charge in [0.1, 0.15) is 0 Å². The number of nitrogens with zero attached hydrogens (tertiary/aromatic N) is 2. The van der Waals surface area contributed by atoms with Crippen LogP contribution in [0.1, 0.15) is 6.42 Å². The molecule has 0 amide bonds. The van der Waals surface area contributed by atoms with Gasteiger partial charge in [0.25, 0.3) is 0 Å². The van der Waals surface area contributed by atoms with Crippen molar-refractivity contribution in [3.8, 4) is 0 Å². The number of anilines is 1. The maximum absolute atomic E-state index is 13.4. The van der Waals surface area contributed by atoms with Crippen molar-refractivity contribution in [2.45, 2.75) is 6.42 Å². The SMILES string of the molecule is Fc1cc(Cl)cnc1NCCCN1CCOCC1. The van der Waals surface area contributed by atoms with Gasteiger partial charge in [-0.2, -0.15) is 0 Å². The maximum atomic E-state index is 13.4. The molecule has 1 aliphatic rings. The summed E-state index contributed by atoms with van der Waals surface area (Å²) in [7, 11) is 0. The molecule has 0 saturated carbocycles. The van der Waals surface area contributed by atoms with Crippen LogP contribution in [0.2, 0.25) is 5.02 Å². The van der Waals surface area contributed by atoms with Crippen LogP contribution in [0.4, 0.5) is 10.2 Å². The summed E-state index contributed by atoms with van der Waals surface area (Å²) in [6.45, 7) is 5.26. The molecule has 2 rings (SSSR count). The molecule has 1 aliphatic heterocycles. The fourth-order valence-corrected chi connectivity index (χ4v) is 2.02. The molecular formula is C12H17ClFN3O. The number of pyridine rings is 1. The molecule has 1 fully saturated rings. The third kappa shape index (κ3) is 4.08. The summed E-state index contributed by atoms with van der Waals surface area (Å²) < 4.78 is 18.7. The van der Waals surface area contributed by atoms with Gasteiger partial charge in [0, 0.05) is 25.8 Å². The van der Waals surface area contributed by atoms with Gasteiger partial charge in [0.05, 0.1) is 18.2 Å². The predicted molar refractivity (Wildman–Crippen MR) is 69.6 cm³/mol. The standard InChI is InChI=1S/C12H17ClFN3O/c13-10-8-11(14)12(16-9-10)15-2-1-3-17-4-6-18-7-5-17/h8-9H,1-7H2,(H,15,16). The van der Waals surface area contributed by atoms with Crippen molar-refractivity contribution < 1.29 is 9.13 Å². The van der Waals surface area contributed by atoms with Gasteiger partial charge < -0.3 is 10.1 Å². The Morgan fingerprint density at radius 3 is 2.94 bits per heavy atom. The zero-order valence-electron chi connectivity index (χ0n) is 10.2. The van der Waals surface area contributed by atoms with E-state index in [0.29, 0.717) is 11.6 Å². The van der Waals surface area contributed by atoms with Gasteiger partial charge in [-0.1, -0.05) is 11.6 Å². The molecule has 0 aliphatic carbocycles. The van der Waals surface area contributed by atoms with Crippen LogP contribution >= 0.6 is 11.6 Å². The number of halogens is 2. The minimum atomic E-state index is -0.408. The second-order valence-electron chi connectivity index (χ2n) is 4.22. The van der Waals surface area contributed by atoms with Gasteiger partial charge in [-0.25, -0.2) is 9.37 Å². The van der Waals surface area contributed by atoms with Crippen LogP contribution < -0.4 is 5.32 Å². The van der Waals surface area contributed by atoms with Crippen LogP contribution in [-0.2, 0) is 4.74 Å². The van der Waals surface area contributed by atoms with Crippen molar-refractivity contribution in [2.75, 3.05) is 44.7 Å². The van der Waals surface area contributed by atoms with Crippen LogP contribution in [-0.4, -0.2) is 49.3 Å². The molecule has 0 aromatic carbocycles. The Morgan fingerprint density at radius 2 is 2.22 bits per heavy atom. The molecule has 4 nitrogen and oxygen atoms in total. The molecule has 18 heavy (non-hydrogen) atoms. The van der Waals surface area contributed by atoms with E-state index in [9.17, 15) is 4.39 Å². The Bertz CT molecular complexity index is 386.